The van der Waals surface area contributed by atoms with E-state index in [0.29, 0.717) is 5.56 Å². The molecule has 3 nitrogen and oxygen atoms in total. The molecule has 0 aliphatic carbocycles. The van der Waals surface area contributed by atoms with Crippen LogP contribution in [0.25, 0.3) is 0 Å². The van der Waals surface area contributed by atoms with Gasteiger partial charge in [0.25, 0.3) is 0 Å². The zero-order valence-corrected chi connectivity index (χ0v) is 10.5. The van der Waals surface area contributed by atoms with Gasteiger partial charge in [-0.1, -0.05) is 32.0 Å². The van der Waals surface area contributed by atoms with Crippen LogP contribution < -0.4 is 5.73 Å². The summed E-state index contributed by atoms with van der Waals surface area (Å²) in [5, 5.41) is 8.63. The van der Waals surface area contributed by atoms with Crippen molar-refractivity contribution in [3.05, 3.63) is 34.9 Å². The second kappa shape index (κ2) is 7.79. The van der Waals surface area contributed by atoms with Crippen molar-refractivity contribution in [3.63, 3.8) is 0 Å². The first-order valence-corrected chi connectivity index (χ1v) is 5.67. The Morgan fingerprint density at radius 2 is 2.06 bits per heavy atom. The van der Waals surface area contributed by atoms with Gasteiger partial charge in [-0.05, 0) is 23.6 Å². The SMILES string of the molecule is CC.Cc1cc(C(N)CF)ccc1CC(=O)O. The van der Waals surface area contributed by atoms with E-state index in [2.05, 4.69) is 0 Å². The van der Waals surface area contributed by atoms with E-state index in [-0.39, 0.29) is 6.42 Å². The largest absolute Gasteiger partial charge is 0.481 e. The Kier molecular flexibility index (Phi) is 7.14. The molecular weight excluding hydrogens is 221 g/mol. The fourth-order valence-electron chi connectivity index (χ4n) is 1.40. The minimum Gasteiger partial charge on any atom is -0.481 e. The van der Waals surface area contributed by atoms with Crippen molar-refractivity contribution < 1.29 is 14.3 Å². The number of aryl methyl sites for hydroxylation is 1. The molecule has 0 saturated carbocycles. The van der Waals surface area contributed by atoms with Crippen molar-refractivity contribution in [3.8, 4) is 0 Å². The van der Waals surface area contributed by atoms with Gasteiger partial charge in [-0.25, -0.2) is 4.39 Å². The van der Waals surface area contributed by atoms with E-state index in [4.69, 9.17) is 10.8 Å². The molecule has 0 bridgehead atoms. The first-order valence-electron chi connectivity index (χ1n) is 5.67. The quantitative estimate of drug-likeness (QED) is 0.851. The van der Waals surface area contributed by atoms with Gasteiger partial charge in [0.1, 0.15) is 6.67 Å². The molecule has 17 heavy (non-hydrogen) atoms. The molecule has 0 amide bonds. The van der Waals surface area contributed by atoms with E-state index in [1.165, 1.54) is 0 Å². The number of carboxylic acid groups (broad SMARTS) is 1. The van der Waals surface area contributed by atoms with Crippen molar-refractivity contribution in [2.75, 3.05) is 6.67 Å². The number of carbonyl (C=O) groups is 1. The normalized spacial score (nSPS) is 11.4. The zero-order chi connectivity index (χ0) is 13.4. The highest BCUT2D eigenvalue weighted by Crippen LogP contribution is 2.16. The smallest absolute Gasteiger partial charge is 0.307 e. The van der Waals surface area contributed by atoms with E-state index in [1.807, 2.05) is 13.8 Å². The maximum absolute atomic E-state index is 12.3. The average molecular weight is 241 g/mol. The lowest BCUT2D eigenvalue weighted by Crippen LogP contribution is -2.13. The summed E-state index contributed by atoms with van der Waals surface area (Å²) in [6.45, 7) is 5.18. The predicted octanol–water partition coefficient (Wildman–Crippen LogP) is 2.62. The van der Waals surface area contributed by atoms with E-state index in [1.54, 1.807) is 25.1 Å². The van der Waals surface area contributed by atoms with Gasteiger partial charge in [-0.15, -0.1) is 0 Å². The van der Waals surface area contributed by atoms with Crippen LogP contribution in [0.4, 0.5) is 4.39 Å². The third kappa shape index (κ3) is 4.95. The Morgan fingerprint density at radius 1 is 1.47 bits per heavy atom. The van der Waals surface area contributed by atoms with E-state index in [0.717, 1.165) is 11.1 Å². The van der Waals surface area contributed by atoms with Gasteiger partial charge in [-0.2, -0.15) is 0 Å². The van der Waals surface area contributed by atoms with Crippen LogP contribution in [0, 0.1) is 6.92 Å². The van der Waals surface area contributed by atoms with Crippen molar-refractivity contribution >= 4 is 5.97 Å². The van der Waals surface area contributed by atoms with Gasteiger partial charge in [0, 0.05) is 0 Å². The minimum atomic E-state index is -0.874. The van der Waals surface area contributed by atoms with Crippen molar-refractivity contribution in [1.82, 2.24) is 0 Å². The Hall–Kier alpha value is -1.42. The maximum atomic E-state index is 12.3. The third-order valence-corrected chi connectivity index (χ3v) is 2.30. The number of nitrogens with two attached hydrogens (primary N) is 1. The molecule has 0 fully saturated rings. The Balaban J connectivity index is 0.00000121. The van der Waals surface area contributed by atoms with Gasteiger partial charge in [0.2, 0.25) is 0 Å². The van der Waals surface area contributed by atoms with E-state index < -0.39 is 18.7 Å². The standard InChI is InChI=1S/C11H14FNO2.C2H6/c1-7-4-9(10(13)6-12)3-2-8(7)5-11(14)15;1-2/h2-4,10H,5-6,13H2,1H3,(H,14,15);1-2H3. The van der Waals surface area contributed by atoms with Crippen LogP contribution in [-0.4, -0.2) is 17.8 Å². The second-order valence-corrected chi connectivity index (χ2v) is 3.52. The average Bonchev–Trinajstić information content (AvgIpc) is 2.33. The number of hydrogen-bond acceptors (Lipinski definition) is 2. The number of aliphatic carboxylic acids is 1. The topological polar surface area (TPSA) is 63.3 Å². The van der Waals surface area contributed by atoms with Crippen LogP contribution in [0.2, 0.25) is 0 Å². The van der Waals surface area contributed by atoms with Gasteiger partial charge >= 0.3 is 5.97 Å². The molecule has 0 spiro atoms. The Bertz CT molecular complexity index is 366. The van der Waals surface area contributed by atoms with Gasteiger partial charge < -0.3 is 10.8 Å². The van der Waals surface area contributed by atoms with E-state index in [9.17, 15) is 9.18 Å². The summed E-state index contributed by atoms with van der Waals surface area (Å²) in [6.07, 6.45) is -0.0169. The first-order chi connectivity index (χ1) is 8.04. The minimum absolute atomic E-state index is 0.0169. The molecule has 0 radical (unpaired) electrons. The summed E-state index contributed by atoms with van der Waals surface area (Å²) in [6, 6.07) is 4.48. The molecule has 4 heteroatoms. The lowest BCUT2D eigenvalue weighted by Gasteiger charge is -2.10. The number of halogens is 1. The summed E-state index contributed by atoms with van der Waals surface area (Å²) in [5.41, 5.74) is 7.79. The lowest BCUT2D eigenvalue weighted by atomic mass is 9.99. The fraction of sp³-hybridized carbons (Fsp3) is 0.462. The maximum Gasteiger partial charge on any atom is 0.307 e. The highest BCUT2D eigenvalue weighted by molar-refractivity contribution is 5.70. The molecule has 0 saturated heterocycles. The van der Waals surface area contributed by atoms with Crippen LogP contribution in [0.5, 0.6) is 0 Å². The number of rotatable bonds is 4. The number of carboxylic acids is 1. The van der Waals surface area contributed by atoms with Gasteiger partial charge in [-0.3, -0.25) is 4.79 Å². The highest BCUT2D eigenvalue weighted by atomic mass is 19.1. The molecule has 1 unspecified atom stereocenters. The molecule has 0 aliphatic rings. The van der Waals surface area contributed by atoms with Crippen molar-refractivity contribution in [2.45, 2.75) is 33.2 Å². The van der Waals surface area contributed by atoms with Crippen LogP contribution in [0.1, 0.15) is 36.6 Å². The fourth-order valence-corrected chi connectivity index (χ4v) is 1.40. The van der Waals surface area contributed by atoms with Crippen LogP contribution >= 0.6 is 0 Å². The second-order valence-electron chi connectivity index (χ2n) is 3.52. The van der Waals surface area contributed by atoms with Crippen LogP contribution in [-0.2, 0) is 11.2 Å². The molecule has 0 heterocycles. The number of benzene rings is 1. The third-order valence-electron chi connectivity index (χ3n) is 2.30. The number of alkyl halides is 1. The lowest BCUT2D eigenvalue weighted by molar-refractivity contribution is -0.136. The molecule has 1 atom stereocenters. The summed E-state index contributed by atoms with van der Waals surface area (Å²) >= 11 is 0. The molecule has 0 aliphatic heterocycles. The molecule has 1 aromatic rings. The molecular formula is C13H20FNO2. The van der Waals surface area contributed by atoms with Gasteiger partial charge in [0.05, 0.1) is 12.5 Å². The summed E-state index contributed by atoms with van der Waals surface area (Å²) in [5.74, 6) is -0.874. The highest BCUT2D eigenvalue weighted by Gasteiger charge is 2.08. The van der Waals surface area contributed by atoms with Crippen molar-refractivity contribution in [1.29, 1.82) is 0 Å². The van der Waals surface area contributed by atoms with Crippen molar-refractivity contribution in [2.24, 2.45) is 5.73 Å². The molecule has 96 valence electrons. The van der Waals surface area contributed by atoms with Crippen LogP contribution in [0.3, 0.4) is 0 Å². The summed E-state index contributed by atoms with van der Waals surface area (Å²) in [4.78, 5) is 10.5. The Labute approximate surface area is 101 Å². The van der Waals surface area contributed by atoms with Crippen LogP contribution in [0.15, 0.2) is 18.2 Å². The summed E-state index contributed by atoms with van der Waals surface area (Å²) in [7, 11) is 0. The Morgan fingerprint density at radius 3 is 2.47 bits per heavy atom. The van der Waals surface area contributed by atoms with E-state index >= 15 is 0 Å². The van der Waals surface area contributed by atoms with Gasteiger partial charge in [0.15, 0.2) is 0 Å². The predicted molar refractivity (Wildman–Crippen MR) is 66.8 cm³/mol. The number of hydrogen-bond donors (Lipinski definition) is 2. The zero-order valence-electron chi connectivity index (χ0n) is 10.5. The monoisotopic (exact) mass is 241 g/mol. The molecule has 0 aromatic heterocycles. The first kappa shape index (κ1) is 15.6. The summed E-state index contributed by atoms with van der Waals surface area (Å²) < 4.78 is 12.3. The molecule has 1 rings (SSSR count). The molecule has 1 aromatic carbocycles. The molecule has 3 N–H and O–H groups in total.